The third-order valence-corrected chi connectivity index (χ3v) is 7.39. The van der Waals surface area contributed by atoms with Gasteiger partial charge in [-0.1, -0.05) is 18.2 Å². The van der Waals surface area contributed by atoms with Gasteiger partial charge in [-0.05, 0) is 38.4 Å². The molecular formula is C25H34N4O3S. The first kappa shape index (κ1) is 23.9. The summed E-state index contributed by atoms with van der Waals surface area (Å²) in [6, 6.07) is 8.58. The number of esters is 1. The van der Waals surface area contributed by atoms with Crippen molar-refractivity contribution in [1.29, 1.82) is 0 Å². The Balaban J connectivity index is 1.35. The van der Waals surface area contributed by atoms with Crippen molar-refractivity contribution in [3.8, 4) is 10.6 Å². The van der Waals surface area contributed by atoms with E-state index in [9.17, 15) is 9.59 Å². The molecule has 178 valence electrons. The van der Waals surface area contributed by atoms with E-state index in [4.69, 9.17) is 9.72 Å². The van der Waals surface area contributed by atoms with Crippen LogP contribution in [0.4, 0.5) is 0 Å². The molecule has 0 radical (unpaired) electrons. The number of hydrogen-bond donors (Lipinski definition) is 0. The number of piperidine rings is 1. The number of thiazole rings is 1. The van der Waals surface area contributed by atoms with Crippen molar-refractivity contribution < 1.29 is 14.3 Å². The fraction of sp³-hybridized carbons (Fsp3) is 0.560. The standard InChI is InChI=1S/C25H34N4O3S/c1-3-32-25(31)21-8-5-9-29(17-21)23(30)15-22-18-33-24(26-22)20-7-4-6-19(14-20)16-28-12-10-27(2)11-13-28/h4,6-7,14,18,21H,3,5,8-13,15-17H2,1-2H3. The zero-order valence-corrected chi connectivity index (χ0v) is 20.5. The largest absolute Gasteiger partial charge is 0.466 e. The zero-order valence-electron chi connectivity index (χ0n) is 19.7. The number of likely N-dealkylation sites (N-methyl/N-ethyl adjacent to an activating group) is 1. The Morgan fingerprint density at radius 1 is 1.18 bits per heavy atom. The van der Waals surface area contributed by atoms with Gasteiger partial charge in [-0.15, -0.1) is 11.3 Å². The maximum atomic E-state index is 12.9. The Hall–Kier alpha value is -2.29. The highest BCUT2D eigenvalue weighted by molar-refractivity contribution is 7.13. The van der Waals surface area contributed by atoms with Crippen LogP contribution >= 0.6 is 11.3 Å². The van der Waals surface area contributed by atoms with Gasteiger partial charge in [0, 0.05) is 56.8 Å². The van der Waals surface area contributed by atoms with Crippen LogP contribution in [0, 0.1) is 5.92 Å². The molecule has 33 heavy (non-hydrogen) atoms. The third kappa shape index (κ3) is 6.40. The Labute approximate surface area is 200 Å². The number of rotatable bonds is 7. The summed E-state index contributed by atoms with van der Waals surface area (Å²) in [6.45, 7) is 8.70. The van der Waals surface area contributed by atoms with E-state index in [1.165, 1.54) is 5.56 Å². The second kappa shape index (κ2) is 11.2. The van der Waals surface area contributed by atoms with Gasteiger partial charge in [0.05, 0.1) is 24.6 Å². The lowest BCUT2D eigenvalue weighted by Gasteiger charge is -2.32. The highest BCUT2D eigenvalue weighted by atomic mass is 32.1. The lowest BCUT2D eigenvalue weighted by atomic mass is 9.98. The number of piperazine rings is 1. The number of benzene rings is 1. The number of amides is 1. The molecule has 3 heterocycles. The molecule has 1 atom stereocenters. The van der Waals surface area contributed by atoms with Crippen LogP contribution < -0.4 is 0 Å². The van der Waals surface area contributed by atoms with Crippen molar-refractivity contribution in [2.45, 2.75) is 32.7 Å². The molecule has 0 aliphatic carbocycles. The number of hydrogen-bond acceptors (Lipinski definition) is 7. The quantitative estimate of drug-likeness (QED) is 0.580. The summed E-state index contributed by atoms with van der Waals surface area (Å²) >= 11 is 1.58. The van der Waals surface area contributed by atoms with Crippen LogP contribution in [0.25, 0.3) is 10.6 Å². The molecule has 7 nitrogen and oxygen atoms in total. The molecule has 2 saturated heterocycles. The Morgan fingerprint density at radius 2 is 2.00 bits per heavy atom. The maximum absolute atomic E-state index is 12.9. The lowest BCUT2D eigenvalue weighted by molar-refractivity contribution is -0.151. The number of nitrogens with zero attached hydrogens (tertiary/aromatic N) is 4. The van der Waals surface area contributed by atoms with Crippen molar-refractivity contribution in [3.63, 3.8) is 0 Å². The SMILES string of the molecule is CCOC(=O)C1CCCN(C(=O)Cc2csc(-c3cccc(CN4CCN(C)CC4)c3)n2)C1. The average Bonchev–Trinajstić information content (AvgIpc) is 3.29. The van der Waals surface area contributed by atoms with Crippen LogP contribution in [0.15, 0.2) is 29.6 Å². The molecule has 1 aromatic carbocycles. The second-order valence-corrected chi connectivity index (χ2v) is 9.89. The van der Waals surface area contributed by atoms with Crippen molar-refractivity contribution in [2.75, 3.05) is 52.9 Å². The van der Waals surface area contributed by atoms with Crippen LogP contribution in [0.1, 0.15) is 31.0 Å². The molecule has 0 N–H and O–H groups in total. The average molecular weight is 471 g/mol. The van der Waals surface area contributed by atoms with Gasteiger partial charge in [0.1, 0.15) is 5.01 Å². The Kier molecular flexibility index (Phi) is 8.11. The fourth-order valence-corrected chi connectivity index (χ4v) is 5.33. The summed E-state index contributed by atoms with van der Waals surface area (Å²) in [4.78, 5) is 36.4. The number of ether oxygens (including phenoxy) is 1. The van der Waals surface area contributed by atoms with E-state index in [1.807, 2.05) is 12.3 Å². The summed E-state index contributed by atoms with van der Waals surface area (Å²) < 4.78 is 5.15. The molecule has 1 amide bonds. The molecule has 0 spiro atoms. The van der Waals surface area contributed by atoms with Gasteiger partial charge in [0.25, 0.3) is 0 Å². The zero-order chi connectivity index (χ0) is 23.2. The summed E-state index contributed by atoms with van der Waals surface area (Å²) in [5.41, 5.74) is 3.19. The number of likely N-dealkylation sites (tertiary alicyclic amines) is 1. The van der Waals surface area contributed by atoms with Gasteiger partial charge in [-0.2, -0.15) is 0 Å². The van der Waals surface area contributed by atoms with E-state index in [-0.39, 0.29) is 24.2 Å². The van der Waals surface area contributed by atoms with E-state index in [0.29, 0.717) is 19.7 Å². The van der Waals surface area contributed by atoms with Gasteiger partial charge >= 0.3 is 5.97 Å². The smallest absolute Gasteiger partial charge is 0.310 e. The molecule has 1 unspecified atom stereocenters. The first-order chi connectivity index (χ1) is 16.0. The van der Waals surface area contributed by atoms with Crippen molar-refractivity contribution in [3.05, 3.63) is 40.9 Å². The van der Waals surface area contributed by atoms with Gasteiger partial charge in [-0.3, -0.25) is 14.5 Å². The van der Waals surface area contributed by atoms with E-state index in [2.05, 4.69) is 41.1 Å². The van der Waals surface area contributed by atoms with Crippen LogP contribution in [0.2, 0.25) is 0 Å². The molecule has 2 aromatic rings. The van der Waals surface area contributed by atoms with E-state index in [1.54, 1.807) is 16.2 Å². The summed E-state index contributed by atoms with van der Waals surface area (Å²) in [5.74, 6) is -0.372. The summed E-state index contributed by atoms with van der Waals surface area (Å²) in [7, 11) is 2.17. The third-order valence-electron chi connectivity index (χ3n) is 6.45. The first-order valence-corrected chi connectivity index (χ1v) is 12.8. The van der Waals surface area contributed by atoms with Gasteiger partial charge in [-0.25, -0.2) is 4.98 Å². The highest BCUT2D eigenvalue weighted by Crippen LogP contribution is 2.26. The first-order valence-electron chi connectivity index (χ1n) is 11.9. The Morgan fingerprint density at radius 3 is 2.79 bits per heavy atom. The molecule has 2 aliphatic heterocycles. The molecule has 2 aliphatic rings. The maximum Gasteiger partial charge on any atom is 0.310 e. The molecule has 8 heteroatoms. The van der Waals surface area contributed by atoms with Crippen LogP contribution in [0.3, 0.4) is 0 Å². The van der Waals surface area contributed by atoms with Crippen molar-refractivity contribution in [2.24, 2.45) is 5.92 Å². The second-order valence-electron chi connectivity index (χ2n) is 9.03. The molecule has 0 saturated carbocycles. The molecule has 1 aromatic heterocycles. The van der Waals surface area contributed by atoms with Crippen LogP contribution in [0.5, 0.6) is 0 Å². The Bertz CT molecular complexity index is 955. The summed E-state index contributed by atoms with van der Waals surface area (Å²) in [5, 5.41) is 2.92. The summed E-state index contributed by atoms with van der Waals surface area (Å²) in [6.07, 6.45) is 1.89. The molecule has 0 bridgehead atoms. The topological polar surface area (TPSA) is 66.0 Å². The normalized spacial score (nSPS) is 20.1. The van der Waals surface area contributed by atoms with E-state index in [0.717, 1.165) is 61.8 Å². The predicted molar refractivity (Wildman–Crippen MR) is 130 cm³/mol. The predicted octanol–water partition coefficient (Wildman–Crippen LogP) is 2.90. The highest BCUT2D eigenvalue weighted by Gasteiger charge is 2.29. The van der Waals surface area contributed by atoms with E-state index >= 15 is 0 Å². The van der Waals surface area contributed by atoms with Crippen molar-refractivity contribution >= 4 is 23.2 Å². The minimum Gasteiger partial charge on any atom is -0.466 e. The molecule has 4 rings (SSSR count). The minimum atomic E-state index is -0.211. The van der Waals surface area contributed by atoms with Crippen LogP contribution in [-0.2, 0) is 27.3 Å². The lowest BCUT2D eigenvalue weighted by Crippen LogP contribution is -2.43. The fourth-order valence-electron chi connectivity index (χ4n) is 4.51. The van der Waals surface area contributed by atoms with Gasteiger partial charge in [0.15, 0.2) is 0 Å². The molecular weight excluding hydrogens is 436 g/mol. The van der Waals surface area contributed by atoms with E-state index < -0.39 is 0 Å². The number of carbonyl (C=O) groups excluding carboxylic acids is 2. The molecule has 2 fully saturated rings. The monoisotopic (exact) mass is 470 g/mol. The number of carbonyl (C=O) groups is 2. The number of aromatic nitrogens is 1. The minimum absolute atomic E-state index is 0.0321. The van der Waals surface area contributed by atoms with Crippen LogP contribution in [-0.4, -0.2) is 84.5 Å². The van der Waals surface area contributed by atoms with Gasteiger partial charge in [0.2, 0.25) is 5.91 Å². The van der Waals surface area contributed by atoms with Gasteiger partial charge < -0.3 is 14.5 Å². The van der Waals surface area contributed by atoms with Crippen molar-refractivity contribution in [1.82, 2.24) is 19.7 Å².